The molecule has 0 amide bonds. The van der Waals surface area contributed by atoms with Gasteiger partial charge in [-0.1, -0.05) is 10.3 Å². The van der Waals surface area contributed by atoms with Gasteiger partial charge in [-0.25, -0.2) is 0 Å². The fourth-order valence-corrected chi connectivity index (χ4v) is 0.176. The molecule has 0 spiro atoms. The summed E-state index contributed by atoms with van der Waals surface area (Å²) >= 11 is 0. The minimum absolute atomic E-state index is 0. The largest absolute Gasteiger partial charge is 0.399 e. The van der Waals surface area contributed by atoms with Gasteiger partial charge in [0.15, 0.2) is 0 Å². The first-order valence-electron chi connectivity index (χ1n) is 2.03. The average Bonchev–Trinajstić information content (AvgIpc) is 1.81. The van der Waals surface area contributed by atoms with E-state index in [-0.39, 0.29) is 16.5 Å². The Morgan fingerprint density at radius 3 is 1.56 bits per heavy atom. The summed E-state index contributed by atoms with van der Waals surface area (Å²) in [4.78, 5) is 8.62. The molecular formula is C4H8N2NiO2. The smallest absolute Gasteiger partial charge is 0.106 e. The molecule has 0 bridgehead atoms. The van der Waals surface area contributed by atoms with Gasteiger partial charge in [0, 0.05) is 16.5 Å². The molecule has 0 atom stereocenters. The topological polar surface area (TPSA) is 43.2 Å². The molecule has 0 aliphatic rings. The van der Waals surface area contributed by atoms with Gasteiger partial charge >= 0.3 is 0 Å². The zero-order valence-corrected chi connectivity index (χ0v) is 6.17. The third-order valence-corrected chi connectivity index (χ3v) is 0.399. The molecule has 0 heterocycles. The summed E-state index contributed by atoms with van der Waals surface area (Å²) in [5, 5.41) is 6.71. The number of oxime groups is 2. The average molecular weight is 175 g/mol. The minimum Gasteiger partial charge on any atom is -0.399 e. The molecule has 0 aromatic carbocycles. The third kappa shape index (κ3) is 11.2. The Bertz CT molecular complexity index is 82.6. The van der Waals surface area contributed by atoms with E-state index < -0.39 is 0 Å². The van der Waals surface area contributed by atoms with Gasteiger partial charge in [-0.05, 0) is 0 Å². The molecule has 0 fully saturated rings. The fraction of sp³-hybridized carbons (Fsp3) is 0.500. The van der Waals surface area contributed by atoms with Crippen molar-refractivity contribution in [2.24, 2.45) is 10.3 Å². The number of hydrogen-bond donors (Lipinski definition) is 0. The molecule has 4 nitrogen and oxygen atoms in total. The Balaban J connectivity index is 0. The van der Waals surface area contributed by atoms with E-state index in [4.69, 9.17) is 0 Å². The van der Waals surface area contributed by atoms with E-state index in [9.17, 15) is 0 Å². The molecule has 0 saturated heterocycles. The first kappa shape index (κ1) is 11.3. The zero-order valence-electron chi connectivity index (χ0n) is 5.18. The van der Waals surface area contributed by atoms with Crippen molar-refractivity contribution in [3.05, 3.63) is 0 Å². The van der Waals surface area contributed by atoms with Crippen molar-refractivity contribution in [3.63, 3.8) is 0 Å². The zero-order chi connectivity index (χ0) is 6.24. The predicted molar refractivity (Wildman–Crippen MR) is 31.0 cm³/mol. The molecule has 56 valence electrons. The molecule has 0 aromatic rings. The second kappa shape index (κ2) is 10.4. The summed E-state index contributed by atoms with van der Waals surface area (Å²) in [5.41, 5.74) is 0. The van der Waals surface area contributed by atoms with Crippen LogP contribution in [0.3, 0.4) is 0 Å². The minimum atomic E-state index is 0. The van der Waals surface area contributed by atoms with Crippen LogP contribution in [0.2, 0.25) is 0 Å². The van der Waals surface area contributed by atoms with Gasteiger partial charge in [0.1, 0.15) is 14.2 Å². The van der Waals surface area contributed by atoms with Crippen LogP contribution < -0.4 is 0 Å². The summed E-state index contributed by atoms with van der Waals surface area (Å²) in [7, 11) is 2.91. The third-order valence-electron chi connectivity index (χ3n) is 0.399. The van der Waals surface area contributed by atoms with Crippen LogP contribution in [0.25, 0.3) is 0 Å². The quantitative estimate of drug-likeness (QED) is 0.350. The van der Waals surface area contributed by atoms with Crippen LogP contribution in [0.4, 0.5) is 0 Å². The van der Waals surface area contributed by atoms with Gasteiger partial charge in [0.05, 0.1) is 12.4 Å². The van der Waals surface area contributed by atoms with Crippen LogP contribution in [0.1, 0.15) is 0 Å². The van der Waals surface area contributed by atoms with E-state index in [1.54, 1.807) is 0 Å². The van der Waals surface area contributed by atoms with Gasteiger partial charge in [-0.2, -0.15) is 0 Å². The molecule has 0 aliphatic carbocycles. The molecule has 0 saturated carbocycles. The monoisotopic (exact) mass is 174 g/mol. The molecule has 0 unspecified atom stereocenters. The van der Waals surface area contributed by atoms with Crippen molar-refractivity contribution >= 4 is 12.4 Å². The molecule has 5 heteroatoms. The van der Waals surface area contributed by atoms with E-state index in [0.717, 1.165) is 0 Å². The molecule has 0 aliphatic heterocycles. The van der Waals surface area contributed by atoms with Crippen molar-refractivity contribution in [2.75, 3.05) is 14.2 Å². The summed E-state index contributed by atoms with van der Waals surface area (Å²) in [6.45, 7) is 0. The molecular weight excluding hydrogens is 167 g/mol. The fourth-order valence-electron chi connectivity index (χ4n) is 0.176. The number of rotatable bonds is 3. The number of hydrogen-bond acceptors (Lipinski definition) is 4. The number of nitrogens with zero attached hydrogens (tertiary/aromatic N) is 2. The van der Waals surface area contributed by atoms with Crippen molar-refractivity contribution in [1.82, 2.24) is 0 Å². The maximum atomic E-state index is 4.31. The SMILES string of the molecule is CO/N=C/C=N/OC.[Ni]. The molecule has 0 radical (unpaired) electrons. The maximum Gasteiger partial charge on any atom is 0.106 e. The van der Waals surface area contributed by atoms with Crippen LogP contribution >= 0.6 is 0 Å². The van der Waals surface area contributed by atoms with Crippen LogP contribution in [-0.4, -0.2) is 26.6 Å². The first-order valence-corrected chi connectivity index (χ1v) is 2.03. The van der Waals surface area contributed by atoms with E-state index in [1.165, 1.54) is 26.6 Å². The van der Waals surface area contributed by atoms with Crippen molar-refractivity contribution in [2.45, 2.75) is 0 Å². The van der Waals surface area contributed by atoms with Gasteiger partial charge in [0.25, 0.3) is 0 Å². The van der Waals surface area contributed by atoms with Crippen molar-refractivity contribution < 1.29 is 26.2 Å². The Kier molecular flexibility index (Phi) is 13.0. The van der Waals surface area contributed by atoms with E-state index >= 15 is 0 Å². The Labute approximate surface area is 63.8 Å². The predicted octanol–water partition coefficient (Wildman–Crippen LogP) is 0.248. The van der Waals surface area contributed by atoms with Gasteiger partial charge in [-0.15, -0.1) is 0 Å². The van der Waals surface area contributed by atoms with Crippen LogP contribution in [0, 0.1) is 0 Å². The Morgan fingerprint density at radius 1 is 1.00 bits per heavy atom. The second-order valence-electron chi connectivity index (χ2n) is 0.874. The van der Waals surface area contributed by atoms with Crippen LogP contribution in [0.15, 0.2) is 10.3 Å². The Hall–Kier alpha value is -0.566. The van der Waals surface area contributed by atoms with Crippen LogP contribution in [-0.2, 0) is 26.2 Å². The second-order valence-corrected chi connectivity index (χ2v) is 0.874. The van der Waals surface area contributed by atoms with Gasteiger partial charge in [-0.3, -0.25) is 0 Å². The first-order chi connectivity index (χ1) is 3.91. The van der Waals surface area contributed by atoms with Crippen LogP contribution in [0.5, 0.6) is 0 Å². The molecule has 0 N–H and O–H groups in total. The van der Waals surface area contributed by atoms with Gasteiger partial charge < -0.3 is 9.68 Å². The summed E-state index contributed by atoms with van der Waals surface area (Å²) < 4.78 is 0. The summed E-state index contributed by atoms with van der Waals surface area (Å²) in [5.74, 6) is 0. The standard InChI is InChI=1S/C4H8N2O2.Ni/c1-7-5-3-4-6-8-2;/h3-4H,1-2H3;/b5-3+,6-4+;. The Morgan fingerprint density at radius 2 is 1.33 bits per heavy atom. The molecule has 9 heavy (non-hydrogen) atoms. The van der Waals surface area contributed by atoms with Crippen molar-refractivity contribution in [1.29, 1.82) is 0 Å². The van der Waals surface area contributed by atoms with E-state index in [0.29, 0.717) is 0 Å². The maximum absolute atomic E-state index is 4.31. The van der Waals surface area contributed by atoms with E-state index in [1.807, 2.05) is 0 Å². The summed E-state index contributed by atoms with van der Waals surface area (Å²) in [6, 6.07) is 0. The van der Waals surface area contributed by atoms with Gasteiger partial charge in [0.2, 0.25) is 0 Å². The molecule has 0 aromatic heterocycles. The van der Waals surface area contributed by atoms with E-state index in [2.05, 4.69) is 20.0 Å². The molecule has 0 rings (SSSR count). The van der Waals surface area contributed by atoms with Crippen molar-refractivity contribution in [3.8, 4) is 0 Å². The normalized spacial score (nSPS) is 9.56. The summed E-state index contributed by atoms with van der Waals surface area (Å²) in [6.07, 6.45) is 2.76.